The second-order valence-corrected chi connectivity index (χ2v) is 5.57. The van der Waals surface area contributed by atoms with Gasteiger partial charge in [-0.15, -0.1) is 0 Å². The Morgan fingerprint density at radius 1 is 1.43 bits per heavy atom. The van der Waals surface area contributed by atoms with E-state index in [2.05, 4.69) is 20.9 Å². The third-order valence-corrected chi connectivity index (χ3v) is 3.69. The molecule has 2 aromatic heterocycles. The van der Waals surface area contributed by atoms with Gasteiger partial charge in [-0.1, -0.05) is 0 Å². The van der Waals surface area contributed by atoms with E-state index in [0.717, 1.165) is 4.47 Å². The highest BCUT2D eigenvalue weighted by Gasteiger charge is 2.22. The number of hydrogen-bond acceptors (Lipinski definition) is 3. The van der Waals surface area contributed by atoms with Crippen LogP contribution in [0.25, 0.3) is 5.65 Å². The predicted octanol–water partition coefficient (Wildman–Crippen LogP) is 2.34. The molecule has 1 N–H and O–H groups in total. The van der Waals surface area contributed by atoms with Crippen molar-refractivity contribution in [3.8, 4) is 0 Å². The van der Waals surface area contributed by atoms with Gasteiger partial charge in [0, 0.05) is 23.8 Å². The summed E-state index contributed by atoms with van der Waals surface area (Å²) in [6.07, 6.45) is 1.71. The number of halogens is 1. The van der Waals surface area contributed by atoms with Crippen LogP contribution in [0.2, 0.25) is 0 Å². The monoisotopic (exact) mass is 353 g/mol. The Morgan fingerprint density at radius 2 is 2.14 bits per heavy atom. The van der Waals surface area contributed by atoms with Crippen LogP contribution < -0.4 is 0 Å². The van der Waals surface area contributed by atoms with E-state index >= 15 is 0 Å². The zero-order valence-electron chi connectivity index (χ0n) is 11.8. The van der Waals surface area contributed by atoms with E-state index in [1.807, 2.05) is 19.1 Å². The number of nitrogens with zero attached hydrogens (tertiary/aromatic N) is 3. The van der Waals surface area contributed by atoms with Gasteiger partial charge in [-0.2, -0.15) is 0 Å². The van der Waals surface area contributed by atoms with Crippen LogP contribution in [0.1, 0.15) is 29.5 Å². The van der Waals surface area contributed by atoms with E-state index in [4.69, 9.17) is 5.11 Å². The number of amides is 1. The zero-order valence-corrected chi connectivity index (χ0v) is 13.4. The van der Waals surface area contributed by atoms with Crippen LogP contribution in [-0.2, 0) is 4.79 Å². The van der Waals surface area contributed by atoms with Crippen LogP contribution in [0.3, 0.4) is 0 Å². The molecule has 0 aromatic carbocycles. The lowest BCUT2D eigenvalue weighted by Crippen LogP contribution is -2.34. The largest absolute Gasteiger partial charge is 0.481 e. The number of imidazole rings is 1. The van der Waals surface area contributed by atoms with Gasteiger partial charge in [-0.25, -0.2) is 4.98 Å². The zero-order chi connectivity index (χ0) is 15.6. The van der Waals surface area contributed by atoms with E-state index in [-0.39, 0.29) is 18.9 Å². The third kappa shape index (κ3) is 3.24. The first-order chi connectivity index (χ1) is 9.93. The molecule has 0 aliphatic rings. The molecule has 0 aliphatic heterocycles. The number of hydrogen-bond donors (Lipinski definition) is 1. The molecule has 2 heterocycles. The molecule has 0 radical (unpaired) electrons. The van der Waals surface area contributed by atoms with Crippen LogP contribution in [0.15, 0.2) is 22.8 Å². The van der Waals surface area contributed by atoms with Crippen molar-refractivity contribution in [2.45, 2.75) is 20.3 Å². The van der Waals surface area contributed by atoms with Crippen LogP contribution in [-0.4, -0.2) is 44.4 Å². The second kappa shape index (κ2) is 6.26. The molecular weight excluding hydrogens is 338 g/mol. The minimum absolute atomic E-state index is 0.0704. The second-order valence-electron chi connectivity index (χ2n) is 4.65. The van der Waals surface area contributed by atoms with Crippen molar-refractivity contribution in [3.63, 3.8) is 0 Å². The summed E-state index contributed by atoms with van der Waals surface area (Å²) < 4.78 is 2.57. The standard InChI is InChI=1S/C14H16BrN3O3/c1-3-17(7-6-12(19)20)14(21)13-9(2)16-11-5-4-10(15)8-18(11)13/h4-5,8H,3,6-7H2,1-2H3,(H,19,20). The Kier molecular flexibility index (Phi) is 4.62. The molecule has 0 bridgehead atoms. The average molecular weight is 354 g/mol. The highest BCUT2D eigenvalue weighted by Crippen LogP contribution is 2.18. The van der Waals surface area contributed by atoms with Gasteiger partial charge in [0.15, 0.2) is 0 Å². The highest BCUT2D eigenvalue weighted by molar-refractivity contribution is 9.10. The first-order valence-corrected chi connectivity index (χ1v) is 7.38. The Morgan fingerprint density at radius 3 is 2.76 bits per heavy atom. The fraction of sp³-hybridized carbons (Fsp3) is 0.357. The van der Waals surface area contributed by atoms with Crippen LogP contribution >= 0.6 is 15.9 Å². The summed E-state index contributed by atoms with van der Waals surface area (Å²) in [5.74, 6) is -1.12. The summed E-state index contributed by atoms with van der Waals surface area (Å²) in [5.41, 5.74) is 1.79. The molecule has 6 nitrogen and oxygen atoms in total. The number of aliphatic carboxylic acids is 1. The summed E-state index contributed by atoms with van der Waals surface area (Å²) in [5, 5.41) is 8.77. The molecule has 2 aromatic rings. The number of carbonyl (C=O) groups excluding carboxylic acids is 1. The first-order valence-electron chi connectivity index (χ1n) is 6.59. The Balaban J connectivity index is 2.39. The number of carboxylic acids is 1. The highest BCUT2D eigenvalue weighted by atomic mass is 79.9. The summed E-state index contributed by atoms with van der Waals surface area (Å²) in [6.45, 7) is 4.24. The van der Waals surface area contributed by atoms with E-state index in [1.54, 1.807) is 17.5 Å². The van der Waals surface area contributed by atoms with Crippen molar-refractivity contribution in [1.82, 2.24) is 14.3 Å². The first kappa shape index (κ1) is 15.5. The van der Waals surface area contributed by atoms with Gasteiger partial charge >= 0.3 is 5.97 Å². The van der Waals surface area contributed by atoms with E-state index in [0.29, 0.717) is 23.6 Å². The lowest BCUT2D eigenvalue weighted by atomic mass is 10.2. The fourth-order valence-corrected chi connectivity index (χ4v) is 2.51. The minimum atomic E-state index is -0.918. The fourth-order valence-electron chi connectivity index (χ4n) is 2.18. The lowest BCUT2D eigenvalue weighted by Gasteiger charge is -2.20. The minimum Gasteiger partial charge on any atom is -0.481 e. The summed E-state index contributed by atoms with van der Waals surface area (Å²) in [4.78, 5) is 29.2. The molecule has 7 heteroatoms. The molecule has 112 valence electrons. The maximum Gasteiger partial charge on any atom is 0.305 e. The smallest absolute Gasteiger partial charge is 0.305 e. The van der Waals surface area contributed by atoms with Crippen molar-refractivity contribution in [2.24, 2.45) is 0 Å². The number of aromatic nitrogens is 2. The van der Waals surface area contributed by atoms with Crippen molar-refractivity contribution in [3.05, 3.63) is 34.2 Å². The summed E-state index contributed by atoms with van der Waals surface area (Å²) in [7, 11) is 0. The van der Waals surface area contributed by atoms with Gasteiger partial charge in [-0.3, -0.25) is 14.0 Å². The molecule has 21 heavy (non-hydrogen) atoms. The van der Waals surface area contributed by atoms with E-state index in [1.165, 1.54) is 4.90 Å². The summed E-state index contributed by atoms with van der Waals surface area (Å²) >= 11 is 3.38. The number of carboxylic acid groups (broad SMARTS) is 1. The van der Waals surface area contributed by atoms with Gasteiger partial charge in [0.1, 0.15) is 11.3 Å². The molecule has 0 unspecified atom stereocenters. The average Bonchev–Trinajstić information content (AvgIpc) is 2.74. The molecular formula is C14H16BrN3O3. The quantitative estimate of drug-likeness (QED) is 0.894. The maximum absolute atomic E-state index is 12.7. The van der Waals surface area contributed by atoms with Crippen molar-refractivity contribution < 1.29 is 14.7 Å². The molecule has 0 aliphatic carbocycles. The predicted molar refractivity (Wildman–Crippen MR) is 81.5 cm³/mol. The van der Waals surface area contributed by atoms with Crippen LogP contribution in [0.4, 0.5) is 0 Å². The van der Waals surface area contributed by atoms with Gasteiger partial charge in [0.25, 0.3) is 5.91 Å². The SMILES string of the molecule is CCN(CCC(=O)O)C(=O)c1c(C)nc2ccc(Br)cn12. The third-order valence-electron chi connectivity index (χ3n) is 3.22. The van der Waals surface area contributed by atoms with Crippen LogP contribution in [0.5, 0.6) is 0 Å². The Labute approximate surface area is 130 Å². The molecule has 0 spiro atoms. The van der Waals surface area contributed by atoms with Gasteiger partial charge in [0.2, 0.25) is 0 Å². The normalized spacial score (nSPS) is 10.8. The molecule has 0 atom stereocenters. The van der Waals surface area contributed by atoms with E-state index in [9.17, 15) is 9.59 Å². The van der Waals surface area contributed by atoms with Crippen molar-refractivity contribution in [2.75, 3.05) is 13.1 Å². The van der Waals surface area contributed by atoms with E-state index < -0.39 is 5.97 Å². The molecule has 0 saturated heterocycles. The summed E-state index contributed by atoms with van der Waals surface area (Å²) in [6, 6.07) is 3.68. The van der Waals surface area contributed by atoms with Crippen molar-refractivity contribution >= 4 is 33.5 Å². The Hall–Kier alpha value is -1.89. The molecule has 0 fully saturated rings. The van der Waals surface area contributed by atoms with Crippen LogP contribution in [0, 0.1) is 6.92 Å². The van der Waals surface area contributed by atoms with Crippen molar-refractivity contribution in [1.29, 1.82) is 0 Å². The number of fused-ring (bicyclic) bond motifs is 1. The number of carbonyl (C=O) groups is 2. The molecule has 0 saturated carbocycles. The molecule has 2 rings (SSSR count). The number of rotatable bonds is 5. The maximum atomic E-state index is 12.7. The molecule has 1 amide bonds. The topological polar surface area (TPSA) is 74.9 Å². The number of pyridine rings is 1. The van der Waals surface area contributed by atoms with Gasteiger partial charge in [0.05, 0.1) is 12.1 Å². The lowest BCUT2D eigenvalue weighted by molar-refractivity contribution is -0.137. The number of aryl methyl sites for hydroxylation is 1. The van der Waals surface area contributed by atoms with Gasteiger partial charge < -0.3 is 10.0 Å². The Bertz CT molecular complexity index is 696. The van der Waals surface area contributed by atoms with Gasteiger partial charge in [-0.05, 0) is 41.9 Å².